The highest BCUT2D eigenvalue weighted by Gasteiger charge is 2.05. The van der Waals surface area contributed by atoms with Gasteiger partial charge in [-0.3, -0.25) is 0 Å². The van der Waals surface area contributed by atoms with E-state index < -0.39 is 0 Å². The number of rotatable bonds is 8. The molecule has 0 heterocycles. The Balaban J connectivity index is 3.07. The Kier molecular flexibility index (Phi) is 8.40. The van der Waals surface area contributed by atoms with Crippen molar-refractivity contribution < 1.29 is 9.47 Å². The maximum atomic E-state index is 5.57. The first-order valence-electron chi connectivity index (χ1n) is 5.08. The molecular formula is C10H23NO2. The standard InChI is InChI=1S/C10H23NO2/c1-9(2)10(3)13-7-4-6-12-8-5-11/h9-10H,4-8,11H2,1-3H3/t10-/m1/s1. The molecule has 0 aliphatic carbocycles. The van der Waals surface area contributed by atoms with Crippen LogP contribution in [0.15, 0.2) is 0 Å². The highest BCUT2D eigenvalue weighted by Crippen LogP contribution is 2.05. The number of hydrogen-bond acceptors (Lipinski definition) is 3. The Morgan fingerprint density at radius 3 is 2.31 bits per heavy atom. The molecule has 0 aliphatic heterocycles. The average Bonchev–Trinajstić information content (AvgIpc) is 2.10. The van der Waals surface area contributed by atoms with E-state index >= 15 is 0 Å². The summed E-state index contributed by atoms with van der Waals surface area (Å²) in [4.78, 5) is 0. The second-order valence-electron chi connectivity index (χ2n) is 3.57. The smallest absolute Gasteiger partial charge is 0.0588 e. The fourth-order valence-electron chi connectivity index (χ4n) is 0.808. The molecule has 0 saturated heterocycles. The highest BCUT2D eigenvalue weighted by atomic mass is 16.5. The van der Waals surface area contributed by atoms with Gasteiger partial charge < -0.3 is 15.2 Å². The molecule has 0 amide bonds. The molecule has 1 atom stereocenters. The van der Waals surface area contributed by atoms with Crippen LogP contribution in [0.25, 0.3) is 0 Å². The van der Waals surface area contributed by atoms with Crippen molar-refractivity contribution in [3.05, 3.63) is 0 Å². The van der Waals surface area contributed by atoms with Gasteiger partial charge >= 0.3 is 0 Å². The summed E-state index contributed by atoms with van der Waals surface area (Å²) < 4.78 is 10.8. The molecule has 0 aromatic carbocycles. The van der Waals surface area contributed by atoms with Gasteiger partial charge in [0.2, 0.25) is 0 Å². The van der Waals surface area contributed by atoms with E-state index in [0.717, 1.165) is 19.6 Å². The van der Waals surface area contributed by atoms with Crippen molar-refractivity contribution in [1.82, 2.24) is 0 Å². The van der Waals surface area contributed by atoms with E-state index in [1.165, 1.54) is 0 Å². The molecule has 0 rings (SSSR count). The van der Waals surface area contributed by atoms with Gasteiger partial charge in [-0.25, -0.2) is 0 Å². The van der Waals surface area contributed by atoms with Gasteiger partial charge in [0.25, 0.3) is 0 Å². The summed E-state index contributed by atoms with van der Waals surface area (Å²) >= 11 is 0. The molecule has 0 unspecified atom stereocenters. The summed E-state index contributed by atoms with van der Waals surface area (Å²) in [6.45, 7) is 9.21. The predicted octanol–water partition coefficient (Wildman–Crippen LogP) is 1.41. The summed E-state index contributed by atoms with van der Waals surface area (Å²) in [7, 11) is 0. The minimum absolute atomic E-state index is 0.342. The zero-order chi connectivity index (χ0) is 10.1. The highest BCUT2D eigenvalue weighted by molar-refractivity contribution is 4.54. The number of nitrogens with two attached hydrogens (primary N) is 1. The lowest BCUT2D eigenvalue weighted by atomic mass is 10.1. The monoisotopic (exact) mass is 189 g/mol. The van der Waals surface area contributed by atoms with E-state index in [1.54, 1.807) is 0 Å². The fraction of sp³-hybridized carbons (Fsp3) is 1.00. The first-order chi connectivity index (χ1) is 6.18. The minimum atomic E-state index is 0.342. The number of hydrogen-bond donors (Lipinski definition) is 1. The Bertz CT molecular complexity index is 107. The van der Waals surface area contributed by atoms with Crippen molar-refractivity contribution in [3.8, 4) is 0 Å². The second-order valence-corrected chi connectivity index (χ2v) is 3.57. The third-order valence-electron chi connectivity index (χ3n) is 2.01. The molecule has 0 bridgehead atoms. The summed E-state index contributed by atoms with van der Waals surface area (Å²) in [6.07, 6.45) is 1.30. The van der Waals surface area contributed by atoms with Gasteiger partial charge in [-0.1, -0.05) is 13.8 Å². The van der Waals surface area contributed by atoms with Crippen molar-refractivity contribution in [2.75, 3.05) is 26.4 Å². The van der Waals surface area contributed by atoms with Crippen LogP contribution in [-0.2, 0) is 9.47 Å². The molecular weight excluding hydrogens is 166 g/mol. The molecule has 0 aromatic rings. The van der Waals surface area contributed by atoms with Gasteiger partial charge in [-0.05, 0) is 19.3 Å². The van der Waals surface area contributed by atoms with Crippen LogP contribution >= 0.6 is 0 Å². The van der Waals surface area contributed by atoms with Crippen LogP contribution < -0.4 is 5.73 Å². The zero-order valence-electron chi connectivity index (χ0n) is 9.08. The molecule has 2 N–H and O–H groups in total. The molecule has 80 valence electrons. The lowest BCUT2D eigenvalue weighted by Gasteiger charge is -2.16. The molecule has 3 heteroatoms. The largest absolute Gasteiger partial charge is 0.380 e. The van der Waals surface area contributed by atoms with E-state index in [2.05, 4.69) is 20.8 Å². The summed E-state index contributed by atoms with van der Waals surface area (Å²) in [6, 6.07) is 0. The van der Waals surface area contributed by atoms with Crippen molar-refractivity contribution in [1.29, 1.82) is 0 Å². The normalized spacial score (nSPS) is 13.6. The van der Waals surface area contributed by atoms with Gasteiger partial charge in [0.05, 0.1) is 12.7 Å². The Morgan fingerprint density at radius 1 is 1.08 bits per heavy atom. The quantitative estimate of drug-likeness (QED) is 0.587. The van der Waals surface area contributed by atoms with Gasteiger partial charge in [-0.2, -0.15) is 0 Å². The first kappa shape index (κ1) is 12.9. The molecule has 0 aromatic heterocycles. The van der Waals surface area contributed by atoms with Crippen LogP contribution in [0.1, 0.15) is 27.2 Å². The Hall–Kier alpha value is -0.120. The van der Waals surface area contributed by atoms with E-state index in [0.29, 0.717) is 25.2 Å². The average molecular weight is 189 g/mol. The van der Waals surface area contributed by atoms with Crippen molar-refractivity contribution in [2.24, 2.45) is 11.7 Å². The van der Waals surface area contributed by atoms with E-state index in [9.17, 15) is 0 Å². The first-order valence-corrected chi connectivity index (χ1v) is 5.08. The van der Waals surface area contributed by atoms with E-state index in [4.69, 9.17) is 15.2 Å². The maximum Gasteiger partial charge on any atom is 0.0588 e. The topological polar surface area (TPSA) is 44.5 Å². The van der Waals surface area contributed by atoms with Crippen LogP contribution in [0.5, 0.6) is 0 Å². The van der Waals surface area contributed by atoms with Crippen molar-refractivity contribution >= 4 is 0 Å². The SMILES string of the molecule is CC(C)[C@@H](C)OCCCOCCN. The van der Waals surface area contributed by atoms with Gasteiger partial charge in [0.1, 0.15) is 0 Å². The Labute approximate surface area is 81.6 Å². The molecule has 0 saturated carbocycles. The maximum absolute atomic E-state index is 5.57. The lowest BCUT2D eigenvalue weighted by molar-refractivity contribution is 0.0202. The van der Waals surface area contributed by atoms with E-state index in [1.807, 2.05) is 0 Å². The van der Waals surface area contributed by atoms with Crippen LogP contribution in [0.4, 0.5) is 0 Å². The van der Waals surface area contributed by atoms with Gasteiger partial charge in [0, 0.05) is 19.8 Å². The molecule has 0 fully saturated rings. The van der Waals surface area contributed by atoms with Crippen LogP contribution in [-0.4, -0.2) is 32.5 Å². The zero-order valence-corrected chi connectivity index (χ0v) is 9.08. The van der Waals surface area contributed by atoms with E-state index in [-0.39, 0.29) is 0 Å². The molecule has 0 aliphatic rings. The summed E-state index contributed by atoms with van der Waals surface area (Å²) in [5.74, 6) is 0.588. The fourth-order valence-corrected chi connectivity index (χ4v) is 0.808. The summed E-state index contributed by atoms with van der Waals surface area (Å²) in [5, 5.41) is 0. The van der Waals surface area contributed by atoms with Crippen LogP contribution in [0.2, 0.25) is 0 Å². The lowest BCUT2D eigenvalue weighted by Crippen LogP contribution is -2.17. The molecule has 0 radical (unpaired) electrons. The third-order valence-corrected chi connectivity index (χ3v) is 2.01. The van der Waals surface area contributed by atoms with Crippen LogP contribution in [0, 0.1) is 5.92 Å². The predicted molar refractivity (Wildman–Crippen MR) is 54.7 cm³/mol. The number of ether oxygens (including phenoxy) is 2. The third kappa shape index (κ3) is 8.22. The molecule has 3 nitrogen and oxygen atoms in total. The minimum Gasteiger partial charge on any atom is -0.380 e. The van der Waals surface area contributed by atoms with Crippen LogP contribution in [0.3, 0.4) is 0 Å². The summed E-state index contributed by atoms with van der Waals surface area (Å²) in [5.41, 5.74) is 5.27. The molecule has 0 spiro atoms. The Morgan fingerprint density at radius 2 is 1.77 bits per heavy atom. The van der Waals surface area contributed by atoms with Gasteiger partial charge in [0.15, 0.2) is 0 Å². The second kappa shape index (κ2) is 8.48. The van der Waals surface area contributed by atoms with Crippen molar-refractivity contribution in [2.45, 2.75) is 33.3 Å². The van der Waals surface area contributed by atoms with Crippen molar-refractivity contribution in [3.63, 3.8) is 0 Å². The molecule has 13 heavy (non-hydrogen) atoms. The van der Waals surface area contributed by atoms with Gasteiger partial charge in [-0.15, -0.1) is 0 Å².